The Bertz CT molecular complexity index is 1150. The lowest BCUT2D eigenvalue weighted by Gasteiger charge is -2.43. The number of fused-ring (bicyclic) bond motifs is 1. The summed E-state index contributed by atoms with van der Waals surface area (Å²) in [5.74, 6) is -5.40. The topological polar surface area (TPSA) is 70.5 Å². The summed E-state index contributed by atoms with van der Waals surface area (Å²) in [6, 6.07) is 1.96. The predicted molar refractivity (Wildman–Crippen MR) is 121 cm³/mol. The molecule has 1 atom stereocenters. The van der Waals surface area contributed by atoms with Crippen LogP contribution in [0.5, 0.6) is 0 Å². The number of hydrogen-bond acceptors (Lipinski definition) is 4. The van der Waals surface area contributed by atoms with Crippen LogP contribution < -0.4 is 5.32 Å². The van der Waals surface area contributed by atoms with Gasteiger partial charge in [0.05, 0.1) is 24.3 Å². The standard InChI is InChI=1S/C24H29F4N5O2/c1-23(2,3)19(22(35)32-12-24(27,28)13-32)30-21(34)18-17-11-31(4)8-5-9-33(17)20(29-18)15-10-14(25)6-7-16(15)26/h6-7,10,19H,5,8-9,11-13H2,1-4H3,(H,30,34)/t19-/m1/s1. The molecule has 0 spiro atoms. The first-order chi connectivity index (χ1) is 16.3. The van der Waals surface area contributed by atoms with E-state index < -0.39 is 53.9 Å². The summed E-state index contributed by atoms with van der Waals surface area (Å²) in [6.07, 6.45) is 0.705. The fraction of sp³-hybridized carbons (Fsp3) is 0.542. The van der Waals surface area contributed by atoms with Gasteiger partial charge in [-0.15, -0.1) is 0 Å². The zero-order valence-corrected chi connectivity index (χ0v) is 20.2. The summed E-state index contributed by atoms with van der Waals surface area (Å²) < 4.78 is 57.0. The summed E-state index contributed by atoms with van der Waals surface area (Å²) >= 11 is 0. The molecule has 1 saturated heterocycles. The molecule has 0 bridgehead atoms. The van der Waals surface area contributed by atoms with Crippen molar-refractivity contribution in [1.29, 1.82) is 0 Å². The Morgan fingerprint density at radius 2 is 1.83 bits per heavy atom. The van der Waals surface area contributed by atoms with Gasteiger partial charge < -0.3 is 19.7 Å². The van der Waals surface area contributed by atoms with Crippen molar-refractivity contribution >= 4 is 11.8 Å². The number of likely N-dealkylation sites (tertiary alicyclic amines) is 1. The molecule has 2 aromatic rings. The van der Waals surface area contributed by atoms with Gasteiger partial charge in [-0.25, -0.2) is 22.5 Å². The molecule has 0 unspecified atom stereocenters. The van der Waals surface area contributed by atoms with Crippen LogP contribution in [-0.2, 0) is 17.9 Å². The van der Waals surface area contributed by atoms with Crippen molar-refractivity contribution < 1.29 is 27.2 Å². The molecule has 0 aliphatic carbocycles. The summed E-state index contributed by atoms with van der Waals surface area (Å²) in [4.78, 5) is 33.9. The van der Waals surface area contributed by atoms with Crippen LogP contribution in [0.4, 0.5) is 17.6 Å². The smallest absolute Gasteiger partial charge is 0.282 e. The van der Waals surface area contributed by atoms with Gasteiger partial charge in [0, 0.05) is 13.1 Å². The summed E-state index contributed by atoms with van der Waals surface area (Å²) in [7, 11) is 1.87. The second kappa shape index (κ2) is 8.92. The Kier molecular flexibility index (Phi) is 6.41. The number of nitrogens with one attached hydrogen (secondary N) is 1. The summed E-state index contributed by atoms with van der Waals surface area (Å²) in [6.45, 7) is 5.28. The van der Waals surface area contributed by atoms with Crippen molar-refractivity contribution in [2.24, 2.45) is 5.41 Å². The van der Waals surface area contributed by atoms with Gasteiger partial charge in [-0.1, -0.05) is 20.8 Å². The number of alkyl halides is 2. The molecular formula is C24H29F4N5O2. The Morgan fingerprint density at radius 1 is 1.14 bits per heavy atom. The molecule has 3 heterocycles. The Hall–Kier alpha value is -2.95. The zero-order valence-electron chi connectivity index (χ0n) is 20.2. The van der Waals surface area contributed by atoms with Gasteiger partial charge >= 0.3 is 0 Å². The van der Waals surface area contributed by atoms with Gasteiger partial charge in [0.25, 0.3) is 11.8 Å². The van der Waals surface area contributed by atoms with E-state index in [1.54, 1.807) is 25.3 Å². The second-order valence-electron chi connectivity index (χ2n) is 10.4. The highest BCUT2D eigenvalue weighted by atomic mass is 19.3. The van der Waals surface area contributed by atoms with Gasteiger partial charge in [-0.3, -0.25) is 9.59 Å². The number of aromatic nitrogens is 2. The summed E-state index contributed by atoms with van der Waals surface area (Å²) in [5.41, 5.74) is -0.339. The number of halogens is 4. The number of rotatable bonds is 4. The summed E-state index contributed by atoms with van der Waals surface area (Å²) in [5, 5.41) is 2.69. The van der Waals surface area contributed by atoms with Crippen molar-refractivity contribution in [3.05, 3.63) is 41.2 Å². The molecule has 2 amide bonds. The molecule has 2 aliphatic rings. The van der Waals surface area contributed by atoms with Crippen molar-refractivity contribution in [2.45, 2.75) is 52.2 Å². The van der Waals surface area contributed by atoms with Crippen LogP contribution in [0.3, 0.4) is 0 Å². The maximum Gasteiger partial charge on any atom is 0.282 e. The number of carbonyl (C=O) groups excluding carboxylic acids is 2. The molecule has 0 radical (unpaired) electrons. The van der Waals surface area contributed by atoms with E-state index in [0.717, 1.165) is 29.6 Å². The lowest BCUT2D eigenvalue weighted by Crippen LogP contribution is -2.64. The van der Waals surface area contributed by atoms with Crippen LogP contribution in [-0.4, -0.2) is 69.8 Å². The van der Waals surface area contributed by atoms with Gasteiger partial charge in [-0.05, 0) is 43.6 Å². The average Bonchev–Trinajstić information content (AvgIpc) is 2.96. The van der Waals surface area contributed by atoms with E-state index in [1.165, 1.54) is 0 Å². The average molecular weight is 496 g/mol. The molecular weight excluding hydrogens is 466 g/mol. The van der Waals surface area contributed by atoms with E-state index in [1.807, 2.05) is 11.9 Å². The van der Waals surface area contributed by atoms with Gasteiger partial charge in [0.1, 0.15) is 23.5 Å². The highest BCUT2D eigenvalue weighted by Gasteiger charge is 2.49. The Balaban J connectivity index is 1.71. The van der Waals surface area contributed by atoms with Gasteiger partial charge in [-0.2, -0.15) is 0 Å². The van der Waals surface area contributed by atoms with Crippen LogP contribution >= 0.6 is 0 Å². The Labute approximate surface area is 201 Å². The monoisotopic (exact) mass is 495 g/mol. The minimum absolute atomic E-state index is 0.00611. The van der Waals surface area contributed by atoms with E-state index in [4.69, 9.17) is 0 Å². The van der Waals surface area contributed by atoms with E-state index in [2.05, 4.69) is 10.3 Å². The fourth-order valence-electron chi connectivity index (χ4n) is 4.48. The lowest BCUT2D eigenvalue weighted by molar-refractivity contribution is -0.169. The van der Waals surface area contributed by atoms with Gasteiger partial charge in [0.15, 0.2) is 5.69 Å². The third-order valence-electron chi connectivity index (χ3n) is 6.34. The second-order valence-corrected chi connectivity index (χ2v) is 10.4. The number of benzene rings is 1. The number of hydrogen-bond donors (Lipinski definition) is 1. The predicted octanol–water partition coefficient (Wildman–Crippen LogP) is 3.29. The maximum absolute atomic E-state index is 14.6. The maximum atomic E-state index is 14.6. The number of carbonyl (C=O) groups is 2. The minimum atomic E-state index is -2.93. The molecule has 11 heteroatoms. The molecule has 1 aromatic heterocycles. The van der Waals surface area contributed by atoms with Crippen LogP contribution in [0.15, 0.2) is 18.2 Å². The number of amides is 2. The highest BCUT2D eigenvalue weighted by molar-refractivity contribution is 5.98. The van der Waals surface area contributed by atoms with E-state index in [0.29, 0.717) is 25.2 Å². The van der Waals surface area contributed by atoms with E-state index in [-0.39, 0.29) is 17.1 Å². The third-order valence-corrected chi connectivity index (χ3v) is 6.34. The van der Waals surface area contributed by atoms with Crippen molar-refractivity contribution in [1.82, 2.24) is 24.7 Å². The van der Waals surface area contributed by atoms with Crippen LogP contribution in [0, 0.1) is 17.0 Å². The first-order valence-electron chi connectivity index (χ1n) is 11.5. The first-order valence-corrected chi connectivity index (χ1v) is 11.5. The molecule has 1 fully saturated rings. The molecule has 35 heavy (non-hydrogen) atoms. The van der Waals surface area contributed by atoms with E-state index in [9.17, 15) is 27.2 Å². The first kappa shape index (κ1) is 25.2. The van der Waals surface area contributed by atoms with Crippen LogP contribution in [0.1, 0.15) is 43.4 Å². The van der Waals surface area contributed by atoms with Gasteiger partial charge in [0.2, 0.25) is 5.91 Å². The molecule has 7 nitrogen and oxygen atoms in total. The van der Waals surface area contributed by atoms with Crippen LogP contribution in [0.2, 0.25) is 0 Å². The number of nitrogens with zero attached hydrogens (tertiary/aromatic N) is 4. The minimum Gasteiger partial charge on any atom is -0.338 e. The quantitative estimate of drug-likeness (QED) is 0.661. The van der Waals surface area contributed by atoms with Crippen molar-refractivity contribution in [3.63, 3.8) is 0 Å². The molecule has 4 rings (SSSR count). The Morgan fingerprint density at radius 3 is 2.46 bits per heavy atom. The molecule has 0 saturated carbocycles. The lowest BCUT2D eigenvalue weighted by atomic mass is 9.85. The molecule has 2 aliphatic heterocycles. The highest BCUT2D eigenvalue weighted by Crippen LogP contribution is 2.32. The molecule has 1 aromatic carbocycles. The largest absolute Gasteiger partial charge is 0.338 e. The normalized spacial score (nSPS) is 18.9. The SMILES string of the molecule is CN1CCCn2c(-c3cc(F)ccc3F)nc(C(=O)N[C@H](C(=O)N3CC(F)(F)C3)C(C)(C)C)c2C1. The fourth-order valence-corrected chi connectivity index (χ4v) is 4.48. The van der Waals surface area contributed by atoms with E-state index >= 15 is 0 Å². The molecule has 190 valence electrons. The zero-order chi connectivity index (χ0) is 25.7. The van der Waals surface area contributed by atoms with Crippen LogP contribution in [0.25, 0.3) is 11.4 Å². The van der Waals surface area contributed by atoms with Crippen molar-refractivity contribution in [2.75, 3.05) is 26.7 Å². The number of imidazole rings is 1. The third kappa shape index (κ3) is 5.05. The molecule has 1 N–H and O–H groups in total. The van der Waals surface area contributed by atoms with Crippen molar-refractivity contribution in [3.8, 4) is 11.4 Å².